The molecular weight excluding hydrogens is 188 g/mol. The number of likely N-dealkylation sites (N-methyl/N-ethyl adjacent to an activating group) is 1. The third-order valence-electron chi connectivity index (χ3n) is 1.53. The van der Waals surface area contributed by atoms with Crippen molar-refractivity contribution in [2.45, 2.75) is 6.04 Å². The summed E-state index contributed by atoms with van der Waals surface area (Å²) in [5, 5.41) is 19.3. The average molecular weight is 202 g/mol. The van der Waals surface area contributed by atoms with Crippen molar-refractivity contribution in [3.05, 3.63) is 12.7 Å². The highest BCUT2D eigenvalue weighted by atomic mass is 16.4. The van der Waals surface area contributed by atoms with E-state index in [0.717, 1.165) is 0 Å². The molecule has 0 aromatic heterocycles. The van der Waals surface area contributed by atoms with Crippen LogP contribution in [0.2, 0.25) is 0 Å². The van der Waals surface area contributed by atoms with Gasteiger partial charge in [0.2, 0.25) is 0 Å². The van der Waals surface area contributed by atoms with E-state index in [2.05, 4.69) is 11.9 Å². The fourth-order valence-corrected chi connectivity index (χ4v) is 0.721. The number of hydrogen-bond acceptors (Lipinski definition) is 3. The van der Waals surface area contributed by atoms with Gasteiger partial charge in [0.25, 0.3) is 0 Å². The lowest BCUT2D eigenvalue weighted by molar-refractivity contribution is -0.140. The molecule has 0 unspecified atom stereocenters. The van der Waals surface area contributed by atoms with Crippen LogP contribution in [0, 0.1) is 0 Å². The number of carboxylic acids is 1. The number of carboxylic acid groups (broad SMARTS) is 1. The lowest BCUT2D eigenvalue weighted by atomic mass is 10.3. The zero-order chi connectivity index (χ0) is 11.1. The number of urea groups is 1. The van der Waals surface area contributed by atoms with E-state index in [-0.39, 0.29) is 0 Å². The van der Waals surface area contributed by atoms with Gasteiger partial charge in [-0.05, 0) is 0 Å². The third-order valence-corrected chi connectivity index (χ3v) is 1.53. The van der Waals surface area contributed by atoms with Crippen LogP contribution in [0.5, 0.6) is 0 Å². The van der Waals surface area contributed by atoms with Crippen LogP contribution in [0.15, 0.2) is 12.7 Å². The maximum Gasteiger partial charge on any atom is 0.328 e. The van der Waals surface area contributed by atoms with Gasteiger partial charge in [-0.2, -0.15) is 0 Å². The monoisotopic (exact) mass is 202 g/mol. The first-order valence-corrected chi connectivity index (χ1v) is 3.99. The number of aliphatic hydroxyl groups excluding tert-OH is 1. The molecule has 0 saturated heterocycles. The van der Waals surface area contributed by atoms with E-state index in [1.807, 2.05) is 0 Å². The van der Waals surface area contributed by atoms with Crippen molar-refractivity contribution < 1.29 is 19.8 Å². The molecule has 0 fully saturated rings. The first-order valence-electron chi connectivity index (χ1n) is 3.99. The van der Waals surface area contributed by atoms with Crippen molar-refractivity contribution in [2.75, 3.05) is 20.2 Å². The minimum atomic E-state index is -1.27. The number of nitrogens with one attached hydrogen (secondary N) is 1. The molecule has 0 rings (SSSR count). The topological polar surface area (TPSA) is 89.9 Å². The summed E-state index contributed by atoms with van der Waals surface area (Å²) in [6, 6.07) is -1.83. The molecule has 0 spiro atoms. The molecule has 6 nitrogen and oxygen atoms in total. The second kappa shape index (κ2) is 5.98. The van der Waals surface area contributed by atoms with Gasteiger partial charge >= 0.3 is 12.0 Å². The molecule has 0 aliphatic heterocycles. The Bertz CT molecular complexity index is 229. The summed E-state index contributed by atoms with van der Waals surface area (Å²) in [5.74, 6) is -1.27. The Hall–Kier alpha value is -1.56. The zero-order valence-electron chi connectivity index (χ0n) is 7.93. The predicted molar refractivity (Wildman–Crippen MR) is 49.9 cm³/mol. The van der Waals surface area contributed by atoms with E-state index >= 15 is 0 Å². The summed E-state index contributed by atoms with van der Waals surface area (Å²) < 4.78 is 0. The number of hydrogen-bond donors (Lipinski definition) is 3. The third kappa shape index (κ3) is 3.90. The molecule has 0 heterocycles. The molecule has 0 radical (unpaired) electrons. The van der Waals surface area contributed by atoms with Crippen molar-refractivity contribution in [3.8, 4) is 0 Å². The summed E-state index contributed by atoms with van der Waals surface area (Å²) in [7, 11) is 1.49. The Morgan fingerprint density at radius 3 is 2.57 bits per heavy atom. The second-order valence-electron chi connectivity index (χ2n) is 2.69. The maximum atomic E-state index is 11.2. The summed E-state index contributed by atoms with van der Waals surface area (Å²) in [5.41, 5.74) is 0. The van der Waals surface area contributed by atoms with Crippen molar-refractivity contribution in [1.82, 2.24) is 10.2 Å². The van der Waals surface area contributed by atoms with Crippen LogP contribution in [0.4, 0.5) is 4.79 Å². The van der Waals surface area contributed by atoms with Crippen LogP contribution >= 0.6 is 0 Å². The minimum absolute atomic E-state index is 0.309. The fraction of sp³-hybridized carbons (Fsp3) is 0.500. The Balaban J connectivity index is 4.14. The number of rotatable bonds is 5. The van der Waals surface area contributed by atoms with Gasteiger partial charge in [0.1, 0.15) is 0 Å². The molecule has 0 aliphatic rings. The SMILES string of the molecule is C=CCN(C)C(=O)N[C@@H](CO)C(=O)O. The van der Waals surface area contributed by atoms with E-state index in [9.17, 15) is 9.59 Å². The van der Waals surface area contributed by atoms with E-state index < -0.39 is 24.6 Å². The number of amides is 2. The van der Waals surface area contributed by atoms with E-state index in [1.54, 1.807) is 0 Å². The first-order chi connectivity index (χ1) is 6.52. The number of nitrogens with zero attached hydrogens (tertiary/aromatic N) is 1. The summed E-state index contributed by atoms with van der Waals surface area (Å²) >= 11 is 0. The number of aliphatic carboxylic acids is 1. The lowest BCUT2D eigenvalue weighted by Gasteiger charge is -2.18. The number of aliphatic hydroxyl groups is 1. The van der Waals surface area contributed by atoms with Crippen LogP contribution in [-0.4, -0.2) is 53.4 Å². The Morgan fingerprint density at radius 2 is 2.21 bits per heavy atom. The Kier molecular flexibility index (Phi) is 5.31. The smallest absolute Gasteiger partial charge is 0.328 e. The normalized spacial score (nSPS) is 11.6. The maximum absolute atomic E-state index is 11.2. The first kappa shape index (κ1) is 12.4. The molecule has 0 aliphatic carbocycles. The van der Waals surface area contributed by atoms with E-state index in [0.29, 0.717) is 6.54 Å². The number of carbonyl (C=O) groups is 2. The molecule has 2 amide bonds. The fourth-order valence-electron chi connectivity index (χ4n) is 0.721. The van der Waals surface area contributed by atoms with E-state index in [1.165, 1.54) is 18.0 Å². The second-order valence-corrected chi connectivity index (χ2v) is 2.69. The highest BCUT2D eigenvalue weighted by molar-refractivity contribution is 5.82. The Morgan fingerprint density at radius 1 is 1.64 bits per heavy atom. The van der Waals surface area contributed by atoms with Gasteiger partial charge in [0, 0.05) is 13.6 Å². The highest BCUT2D eigenvalue weighted by Gasteiger charge is 2.19. The van der Waals surface area contributed by atoms with Crippen LogP contribution in [-0.2, 0) is 4.79 Å². The minimum Gasteiger partial charge on any atom is -0.480 e. The highest BCUT2D eigenvalue weighted by Crippen LogP contribution is 1.88. The van der Waals surface area contributed by atoms with Crippen LogP contribution in [0.3, 0.4) is 0 Å². The molecule has 0 saturated carbocycles. The van der Waals surface area contributed by atoms with Gasteiger partial charge in [0.05, 0.1) is 6.61 Å². The van der Waals surface area contributed by atoms with Gasteiger partial charge in [-0.1, -0.05) is 6.08 Å². The zero-order valence-corrected chi connectivity index (χ0v) is 7.93. The van der Waals surface area contributed by atoms with Crippen LogP contribution in [0.1, 0.15) is 0 Å². The standard InChI is InChI=1S/C8H14N2O4/c1-3-4-10(2)8(14)9-6(5-11)7(12)13/h3,6,11H,1,4-5H2,2H3,(H,9,14)(H,12,13)/t6-/m0/s1. The Labute approximate surface area is 81.8 Å². The van der Waals surface area contributed by atoms with E-state index in [4.69, 9.17) is 10.2 Å². The summed E-state index contributed by atoms with van der Waals surface area (Å²) in [6.07, 6.45) is 1.51. The summed E-state index contributed by atoms with van der Waals surface area (Å²) in [4.78, 5) is 22.9. The van der Waals surface area contributed by atoms with Crippen molar-refractivity contribution in [1.29, 1.82) is 0 Å². The number of carbonyl (C=O) groups excluding carboxylic acids is 1. The van der Waals surface area contributed by atoms with Gasteiger partial charge in [-0.3, -0.25) is 0 Å². The largest absolute Gasteiger partial charge is 0.480 e. The van der Waals surface area contributed by atoms with Gasteiger partial charge < -0.3 is 20.4 Å². The molecule has 6 heteroatoms. The average Bonchev–Trinajstić information content (AvgIpc) is 2.13. The summed E-state index contributed by atoms with van der Waals surface area (Å²) in [6.45, 7) is 3.10. The van der Waals surface area contributed by atoms with Crippen LogP contribution < -0.4 is 5.32 Å². The molecular formula is C8H14N2O4. The van der Waals surface area contributed by atoms with Gasteiger partial charge in [0.15, 0.2) is 6.04 Å². The van der Waals surface area contributed by atoms with Gasteiger partial charge in [-0.15, -0.1) is 6.58 Å². The van der Waals surface area contributed by atoms with Crippen molar-refractivity contribution in [2.24, 2.45) is 0 Å². The predicted octanol–water partition coefficient (Wildman–Crippen LogP) is -0.741. The molecule has 0 aromatic carbocycles. The van der Waals surface area contributed by atoms with Crippen molar-refractivity contribution in [3.63, 3.8) is 0 Å². The molecule has 0 aromatic rings. The van der Waals surface area contributed by atoms with Gasteiger partial charge in [-0.25, -0.2) is 9.59 Å². The molecule has 14 heavy (non-hydrogen) atoms. The molecule has 0 bridgehead atoms. The molecule has 3 N–H and O–H groups in total. The molecule has 80 valence electrons. The quantitative estimate of drug-likeness (QED) is 0.512. The van der Waals surface area contributed by atoms with Crippen LogP contribution in [0.25, 0.3) is 0 Å². The molecule has 1 atom stereocenters. The lowest BCUT2D eigenvalue weighted by Crippen LogP contribution is -2.48. The van der Waals surface area contributed by atoms with Crippen molar-refractivity contribution >= 4 is 12.0 Å².